The van der Waals surface area contributed by atoms with Gasteiger partial charge in [0, 0.05) is 5.69 Å². The number of hydrogen-bond donors (Lipinski definition) is 1. The number of benzene rings is 1. The van der Waals surface area contributed by atoms with Crippen molar-refractivity contribution < 1.29 is 9.59 Å². The van der Waals surface area contributed by atoms with Gasteiger partial charge in [-0.15, -0.1) is 0 Å². The second-order valence-corrected chi connectivity index (χ2v) is 7.91. The average Bonchev–Trinajstić information content (AvgIpc) is 3.35. The molecule has 4 heteroatoms. The predicted molar refractivity (Wildman–Crippen MR) is 91.0 cm³/mol. The molecule has 2 bridgehead atoms. The van der Waals surface area contributed by atoms with E-state index in [1.165, 1.54) is 11.3 Å². The third-order valence-electron chi connectivity index (χ3n) is 6.57. The summed E-state index contributed by atoms with van der Waals surface area (Å²) in [5, 5.41) is 3.30. The van der Waals surface area contributed by atoms with Crippen molar-refractivity contribution >= 4 is 17.5 Å². The molecule has 5 aliphatic rings. The van der Waals surface area contributed by atoms with E-state index in [1.54, 1.807) is 0 Å². The second-order valence-electron chi connectivity index (χ2n) is 7.91. The van der Waals surface area contributed by atoms with Crippen LogP contribution in [-0.4, -0.2) is 23.4 Å². The molecule has 6 rings (SSSR count). The number of amides is 2. The van der Waals surface area contributed by atoms with Gasteiger partial charge in [-0.1, -0.05) is 24.3 Å². The molecule has 1 aliphatic heterocycles. The monoisotopic (exact) mass is 322 g/mol. The number of imide groups is 1. The summed E-state index contributed by atoms with van der Waals surface area (Å²) >= 11 is 0. The van der Waals surface area contributed by atoms with E-state index >= 15 is 0 Å². The first-order chi connectivity index (χ1) is 11.6. The highest BCUT2D eigenvalue weighted by Crippen LogP contribution is 2.65. The zero-order chi connectivity index (χ0) is 16.6. The van der Waals surface area contributed by atoms with E-state index in [0.29, 0.717) is 23.7 Å². The highest BCUT2D eigenvalue weighted by atomic mass is 16.2. The Morgan fingerprint density at radius 3 is 2.29 bits per heavy atom. The normalized spacial score (nSPS) is 38.3. The van der Waals surface area contributed by atoms with E-state index in [2.05, 4.69) is 35.7 Å². The van der Waals surface area contributed by atoms with Crippen LogP contribution in [0.4, 0.5) is 5.69 Å². The Hall–Kier alpha value is -2.10. The first kappa shape index (κ1) is 14.3. The van der Waals surface area contributed by atoms with E-state index in [-0.39, 0.29) is 30.3 Å². The molecule has 2 amide bonds. The van der Waals surface area contributed by atoms with Gasteiger partial charge in [0.05, 0.1) is 18.5 Å². The van der Waals surface area contributed by atoms with Crippen LogP contribution in [0.15, 0.2) is 30.4 Å². The van der Waals surface area contributed by atoms with Crippen LogP contribution in [0.3, 0.4) is 0 Å². The lowest BCUT2D eigenvalue weighted by Gasteiger charge is -2.37. The lowest BCUT2D eigenvalue weighted by atomic mass is 9.63. The van der Waals surface area contributed by atoms with Gasteiger partial charge in [-0.3, -0.25) is 14.5 Å². The number of rotatable bonds is 3. The number of aryl methyl sites for hydroxylation is 2. The highest BCUT2D eigenvalue weighted by Gasteiger charge is 2.66. The summed E-state index contributed by atoms with van der Waals surface area (Å²) in [4.78, 5) is 27.3. The van der Waals surface area contributed by atoms with Gasteiger partial charge in [0.1, 0.15) is 0 Å². The van der Waals surface area contributed by atoms with Gasteiger partial charge in [0.2, 0.25) is 11.8 Å². The maximum Gasteiger partial charge on any atom is 0.235 e. The Labute approximate surface area is 141 Å². The summed E-state index contributed by atoms with van der Waals surface area (Å²) in [7, 11) is 0. The second kappa shape index (κ2) is 4.71. The van der Waals surface area contributed by atoms with Crippen molar-refractivity contribution in [3.63, 3.8) is 0 Å². The molecular weight excluding hydrogens is 300 g/mol. The molecule has 0 aromatic heterocycles. The summed E-state index contributed by atoms with van der Waals surface area (Å²) in [5.74, 6) is 1.78. The van der Waals surface area contributed by atoms with Crippen molar-refractivity contribution in [3.8, 4) is 0 Å². The third-order valence-corrected chi connectivity index (χ3v) is 6.57. The van der Waals surface area contributed by atoms with Gasteiger partial charge < -0.3 is 5.32 Å². The van der Waals surface area contributed by atoms with Crippen molar-refractivity contribution in [3.05, 3.63) is 41.5 Å². The molecule has 3 fully saturated rings. The van der Waals surface area contributed by atoms with Crippen LogP contribution >= 0.6 is 0 Å². The third kappa shape index (κ3) is 1.80. The highest BCUT2D eigenvalue weighted by molar-refractivity contribution is 6.06. The molecule has 24 heavy (non-hydrogen) atoms. The molecule has 1 heterocycles. The molecule has 2 saturated carbocycles. The number of hydrogen-bond acceptors (Lipinski definition) is 3. The van der Waals surface area contributed by atoms with E-state index in [9.17, 15) is 9.59 Å². The van der Waals surface area contributed by atoms with Crippen molar-refractivity contribution in [2.24, 2.45) is 35.5 Å². The van der Waals surface area contributed by atoms with Crippen LogP contribution in [0.25, 0.3) is 0 Å². The Balaban J connectivity index is 1.38. The minimum atomic E-state index is -0.100. The number of anilines is 1. The topological polar surface area (TPSA) is 49.4 Å². The van der Waals surface area contributed by atoms with Crippen LogP contribution in [0.2, 0.25) is 0 Å². The lowest BCUT2D eigenvalue weighted by molar-refractivity contribution is -0.139. The van der Waals surface area contributed by atoms with Gasteiger partial charge in [0.15, 0.2) is 0 Å². The number of carbonyl (C=O) groups excluding carboxylic acids is 2. The first-order valence-corrected chi connectivity index (χ1v) is 8.91. The zero-order valence-corrected chi connectivity index (χ0v) is 14.0. The largest absolute Gasteiger partial charge is 0.367 e. The van der Waals surface area contributed by atoms with Crippen LogP contribution in [0.1, 0.15) is 17.5 Å². The maximum absolute atomic E-state index is 12.9. The van der Waals surface area contributed by atoms with Crippen molar-refractivity contribution in [1.29, 1.82) is 0 Å². The minimum Gasteiger partial charge on any atom is -0.367 e. The number of nitrogens with zero attached hydrogens (tertiary/aromatic N) is 1. The van der Waals surface area contributed by atoms with E-state index in [4.69, 9.17) is 0 Å². The van der Waals surface area contributed by atoms with Crippen LogP contribution < -0.4 is 5.32 Å². The molecule has 1 aromatic carbocycles. The molecule has 1 aromatic rings. The predicted octanol–water partition coefficient (Wildman–Crippen LogP) is 2.73. The molecule has 4 nitrogen and oxygen atoms in total. The summed E-state index contributed by atoms with van der Waals surface area (Å²) < 4.78 is 0. The summed E-state index contributed by atoms with van der Waals surface area (Å²) in [6.07, 6.45) is 5.64. The van der Waals surface area contributed by atoms with Gasteiger partial charge in [0.25, 0.3) is 0 Å². The van der Waals surface area contributed by atoms with Gasteiger partial charge in [-0.2, -0.15) is 0 Å². The molecule has 124 valence electrons. The lowest BCUT2D eigenvalue weighted by Crippen LogP contribution is -2.40. The van der Waals surface area contributed by atoms with Gasteiger partial charge in [-0.25, -0.2) is 0 Å². The molecular formula is C20H22N2O2. The molecule has 0 unspecified atom stereocenters. The van der Waals surface area contributed by atoms with Crippen LogP contribution in [0.5, 0.6) is 0 Å². The Kier molecular flexibility index (Phi) is 2.80. The average molecular weight is 322 g/mol. The number of nitrogens with one attached hydrogen (secondary N) is 1. The SMILES string of the molecule is Cc1ccc(C)c(NCN2C(=O)[C@H]3[C@@H]4C=C[C@H]([C@@H]5C[C@H]45)[C@@H]3C2=O)c1. The smallest absolute Gasteiger partial charge is 0.235 e. The van der Waals surface area contributed by atoms with Gasteiger partial charge >= 0.3 is 0 Å². The molecule has 1 saturated heterocycles. The van der Waals surface area contributed by atoms with Crippen LogP contribution in [0, 0.1) is 49.4 Å². The fourth-order valence-corrected chi connectivity index (χ4v) is 5.27. The van der Waals surface area contributed by atoms with E-state index in [1.807, 2.05) is 13.8 Å². The molecule has 4 aliphatic carbocycles. The standard InChI is InChI=1S/C20H22N2O2/c1-10-3-4-11(2)16(7-10)21-9-22-19(23)17-12-5-6-13(15-8-14(12)15)18(17)20(22)24/h3-7,12-15,17-18,21H,8-9H2,1-2H3/t12-,13-,14-,15+,17+,18+/m1/s1. The van der Waals surface area contributed by atoms with E-state index in [0.717, 1.165) is 16.8 Å². The van der Waals surface area contributed by atoms with Crippen molar-refractivity contribution in [2.75, 3.05) is 12.0 Å². The minimum absolute atomic E-state index is 0.0347. The molecule has 0 spiro atoms. The molecule has 1 N–H and O–H groups in total. The summed E-state index contributed by atoms with van der Waals surface area (Å²) in [6, 6.07) is 6.19. The first-order valence-electron chi connectivity index (χ1n) is 8.91. The maximum atomic E-state index is 12.9. The number of allylic oxidation sites excluding steroid dienone is 2. The fourth-order valence-electron chi connectivity index (χ4n) is 5.27. The number of likely N-dealkylation sites (tertiary alicyclic amines) is 1. The summed E-state index contributed by atoms with van der Waals surface area (Å²) in [5.41, 5.74) is 3.28. The fraction of sp³-hybridized carbons (Fsp3) is 0.500. The van der Waals surface area contributed by atoms with Crippen LogP contribution in [-0.2, 0) is 9.59 Å². The van der Waals surface area contributed by atoms with E-state index < -0.39 is 0 Å². The quantitative estimate of drug-likeness (QED) is 0.688. The Bertz CT molecular complexity index is 748. The van der Waals surface area contributed by atoms with Crippen molar-refractivity contribution in [2.45, 2.75) is 20.3 Å². The molecule has 0 radical (unpaired) electrons. The summed E-state index contributed by atoms with van der Waals surface area (Å²) in [6.45, 7) is 4.36. The zero-order valence-electron chi connectivity index (χ0n) is 14.0. The Morgan fingerprint density at radius 1 is 1.04 bits per heavy atom. The molecule has 6 atom stereocenters. The van der Waals surface area contributed by atoms with Gasteiger partial charge in [-0.05, 0) is 61.1 Å². The van der Waals surface area contributed by atoms with Crippen molar-refractivity contribution in [1.82, 2.24) is 4.90 Å². The number of carbonyl (C=O) groups is 2. The Morgan fingerprint density at radius 2 is 1.67 bits per heavy atom.